The van der Waals surface area contributed by atoms with Crippen molar-refractivity contribution in [3.05, 3.63) is 59.1 Å². The molecule has 10 heteroatoms. The Morgan fingerprint density at radius 2 is 1.88 bits per heavy atom. The average molecular weight is 484 g/mol. The standard InChI is InChI=1S/C24H26FN5O3S/c1-13-17(11-19(25)21-22(13)30-14(2)27-28-23(30)24(3,4)26-21)18-9-15(12-33-5)10-20-16(18)7-8-29(20)34(6,31)32/h7-11,26H,12H2,1-6H3. The molecule has 3 heterocycles. The van der Waals surface area contributed by atoms with Gasteiger partial charge in [0.1, 0.15) is 11.6 Å². The second-order valence-electron chi connectivity index (χ2n) is 9.29. The molecule has 0 saturated carbocycles. The highest BCUT2D eigenvalue weighted by Crippen LogP contribution is 2.44. The normalized spacial score (nSPS) is 14.7. The fourth-order valence-corrected chi connectivity index (χ4v) is 5.65. The van der Waals surface area contributed by atoms with E-state index in [0.717, 1.165) is 22.9 Å². The third-order valence-electron chi connectivity index (χ3n) is 6.34. The van der Waals surface area contributed by atoms with Crippen molar-refractivity contribution >= 4 is 26.6 Å². The Morgan fingerprint density at radius 1 is 1.15 bits per heavy atom. The number of halogens is 1. The molecule has 0 spiro atoms. The van der Waals surface area contributed by atoms with Crippen LogP contribution in [0.4, 0.5) is 10.1 Å². The number of hydrogen-bond donors (Lipinski definition) is 1. The van der Waals surface area contributed by atoms with Crippen molar-refractivity contribution in [2.75, 3.05) is 18.7 Å². The summed E-state index contributed by atoms with van der Waals surface area (Å²) in [5, 5.41) is 12.6. The molecule has 5 rings (SSSR count). The van der Waals surface area contributed by atoms with Crippen LogP contribution < -0.4 is 5.32 Å². The topological polar surface area (TPSA) is 91.0 Å². The van der Waals surface area contributed by atoms with Crippen molar-refractivity contribution in [3.63, 3.8) is 0 Å². The molecule has 0 amide bonds. The van der Waals surface area contributed by atoms with Crippen LogP contribution in [0.1, 0.15) is 36.6 Å². The molecule has 4 aromatic rings. The predicted molar refractivity (Wildman–Crippen MR) is 129 cm³/mol. The highest BCUT2D eigenvalue weighted by atomic mass is 32.2. The quantitative estimate of drug-likeness (QED) is 0.466. The van der Waals surface area contributed by atoms with Gasteiger partial charge in [-0.25, -0.2) is 16.8 Å². The molecule has 0 radical (unpaired) electrons. The summed E-state index contributed by atoms with van der Waals surface area (Å²) in [6.07, 6.45) is 2.68. The van der Waals surface area contributed by atoms with Crippen molar-refractivity contribution < 1.29 is 17.5 Å². The largest absolute Gasteiger partial charge is 0.380 e. The molecule has 34 heavy (non-hydrogen) atoms. The fourth-order valence-electron chi connectivity index (χ4n) is 4.85. The number of nitrogens with zero attached hydrogens (tertiary/aromatic N) is 4. The molecule has 0 fully saturated rings. The maximum absolute atomic E-state index is 15.7. The Hall–Kier alpha value is -3.24. The molecule has 0 atom stereocenters. The van der Waals surface area contributed by atoms with Crippen LogP contribution in [0.3, 0.4) is 0 Å². The summed E-state index contributed by atoms with van der Waals surface area (Å²) >= 11 is 0. The van der Waals surface area contributed by atoms with E-state index >= 15 is 4.39 Å². The first-order valence-electron chi connectivity index (χ1n) is 10.8. The SMILES string of the molecule is COCc1cc(-c2cc(F)c3c(c2C)-n2c(C)nnc2C(C)(C)N3)c2ccn(S(C)(=O)=O)c2c1. The molecule has 0 bridgehead atoms. The van der Waals surface area contributed by atoms with Gasteiger partial charge >= 0.3 is 0 Å². The van der Waals surface area contributed by atoms with Gasteiger partial charge in [-0.3, -0.25) is 4.57 Å². The summed E-state index contributed by atoms with van der Waals surface area (Å²) < 4.78 is 48.9. The van der Waals surface area contributed by atoms with Crippen LogP contribution in [-0.4, -0.2) is 40.5 Å². The number of ether oxygens (including phenoxy) is 1. The van der Waals surface area contributed by atoms with Gasteiger partial charge in [0.05, 0.1) is 35.3 Å². The molecule has 0 saturated heterocycles. The summed E-state index contributed by atoms with van der Waals surface area (Å²) in [6.45, 7) is 7.93. The van der Waals surface area contributed by atoms with E-state index in [9.17, 15) is 8.42 Å². The number of methoxy groups -OCH3 is 1. The van der Waals surface area contributed by atoms with Gasteiger partial charge < -0.3 is 10.1 Å². The minimum Gasteiger partial charge on any atom is -0.380 e. The maximum Gasteiger partial charge on any atom is 0.236 e. The number of nitrogens with one attached hydrogen (secondary N) is 1. The lowest BCUT2D eigenvalue weighted by Crippen LogP contribution is -2.37. The molecule has 0 unspecified atom stereocenters. The molecule has 1 aliphatic heterocycles. The van der Waals surface area contributed by atoms with Crippen LogP contribution in [-0.2, 0) is 26.9 Å². The van der Waals surface area contributed by atoms with E-state index in [0.29, 0.717) is 39.5 Å². The first-order valence-corrected chi connectivity index (χ1v) is 12.7. The van der Waals surface area contributed by atoms with Gasteiger partial charge in [0.2, 0.25) is 10.0 Å². The minimum absolute atomic E-state index is 0.287. The molecular formula is C24H26FN5O3S. The number of aromatic nitrogens is 4. The van der Waals surface area contributed by atoms with Crippen LogP contribution in [0.5, 0.6) is 0 Å². The second-order valence-corrected chi connectivity index (χ2v) is 11.2. The van der Waals surface area contributed by atoms with Crippen molar-refractivity contribution in [2.24, 2.45) is 0 Å². The van der Waals surface area contributed by atoms with E-state index in [1.165, 1.54) is 16.2 Å². The molecule has 1 N–H and O–H groups in total. The lowest BCUT2D eigenvalue weighted by Gasteiger charge is -2.35. The lowest BCUT2D eigenvalue weighted by atomic mass is 9.91. The molecule has 2 aromatic heterocycles. The Balaban J connectivity index is 1.86. The molecular weight excluding hydrogens is 457 g/mol. The molecule has 8 nitrogen and oxygen atoms in total. The number of aryl methyl sites for hydroxylation is 1. The first-order chi connectivity index (χ1) is 15.9. The zero-order valence-electron chi connectivity index (χ0n) is 19.9. The summed E-state index contributed by atoms with van der Waals surface area (Å²) in [7, 11) is -1.95. The van der Waals surface area contributed by atoms with Gasteiger partial charge in [-0.1, -0.05) is 0 Å². The maximum atomic E-state index is 15.7. The Morgan fingerprint density at radius 3 is 2.56 bits per heavy atom. The van der Waals surface area contributed by atoms with E-state index in [1.807, 2.05) is 38.3 Å². The van der Waals surface area contributed by atoms with Crippen LogP contribution in [0.2, 0.25) is 0 Å². The predicted octanol–water partition coefficient (Wildman–Crippen LogP) is 4.26. The summed E-state index contributed by atoms with van der Waals surface area (Å²) in [6, 6.07) is 6.97. The molecule has 0 aliphatic carbocycles. The van der Waals surface area contributed by atoms with Crippen molar-refractivity contribution in [2.45, 2.75) is 39.8 Å². The molecule has 1 aliphatic rings. The molecule has 178 valence electrons. The third kappa shape index (κ3) is 3.24. The molecule has 2 aromatic carbocycles. The van der Waals surface area contributed by atoms with Gasteiger partial charge in [0.15, 0.2) is 5.82 Å². The van der Waals surface area contributed by atoms with Crippen LogP contribution in [0.25, 0.3) is 27.7 Å². The Bertz CT molecular complexity index is 1580. The second kappa shape index (κ2) is 7.38. The van der Waals surface area contributed by atoms with E-state index < -0.39 is 21.4 Å². The average Bonchev–Trinajstić information content (AvgIpc) is 3.35. The van der Waals surface area contributed by atoms with Gasteiger partial charge in [0.25, 0.3) is 0 Å². The van der Waals surface area contributed by atoms with Crippen LogP contribution in [0, 0.1) is 19.7 Å². The number of benzene rings is 2. The minimum atomic E-state index is -3.53. The third-order valence-corrected chi connectivity index (χ3v) is 7.37. The number of fused-ring (bicyclic) bond motifs is 4. The number of anilines is 1. The van der Waals surface area contributed by atoms with Gasteiger partial charge in [-0.15, -0.1) is 10.2 Å². The Labute approximate surface area is 197 Å². The van der Waals surface area contributed by atoms with Gasteiger partial charge in [0, 0.05) is 18.7 Å². The van der Waals surface area contributed by atoms with E-state index in [-0.39, 0.29) is 6.61 Å². The van der Waals surface area contributed by atoms with Gasteiger partial charge in [-0.05, 0) is 74.2 Å². The lowest BCUT2D eigenvalue weighted by molar-refractivity contribution is 0.185. The highest BCUT2D eigenvalue weighted by molar-refractivity contribution is 7.89. The summed E-state index contributed by atoms with van der Waals surface area (Å²) in [5.74, 6) is 0.945. The Kier molecular flexibility index (Phi) is 4.89. The zero-order valence-corrected chi connectivity index (χ0v) is 20.7. The van der Waals surface area contributed by atoms with Crippen LogP contribution in [0.15, 0.2) is 30.5 Å². The highest BCUT2D eigenvalue weighted by Gasteiger charge is 2.37. The first kappa shape index (κ1) is 22.5. The summed E-state index contributed by atoms with van der Waals surface area (Å²) in [5.41, 5.74) is 3.94. The van der Waals surface area contributed by atoms with Crippen LogP contribution >= 0.6 is 0 Å². The smallest absolute Gasteiger partial charge is 0.236 e. The van der Waals surface area contributed by atoms with Crippen molar-refractivity contribution in [3.8, 4) is 16.8 Å². The fraction of sp³-hybridized carbons (Fsp3) is 0.333. The number of hydrogen-bond acceptors (Lipinski definition) is 6. The van der Waals surface area contributed by atoms with Gasteiger partial charge in [-0.2, -0.15) is 0 Å². The monoisotopic (exact) mass is 483 g/mol. The summed E-state index contributed by atoms with van der Waals surface area (Å²) in [4.78, 5) is 0. The van der Waals surface area contributed by atoms with E-state index in [1.54, 1.807) is 19.2 Å². The van der Waals surface area contributed by atoms with Crippen molar-refractivity contribution in [1.82, 2.24) is 18.7 Å². The van der Waals surface area contributed by atoms with Crippen molar-refractivity contribution in [1.29, 1.82) is 0 Å². The number of rotatable bonds is 4. The van der Waals surface area contributed by atoms with E-state index in [2.05, 4.69) is 15.5 Å². The zero-order chi connectivity index (χ0) is 24.6. The van der Waals surface area contributed by atoms with E-state index in [4.69, 9.17) is 4.74 Å².